The summed E-state index contributed by atoms with van der Waals surface area (Å²) in [5.41, 5.74) is -0.413. The molecule has 0 bridgehead atoms. The highest BCUT2D eigenvalue weighted by molar-refractivity contribution is 5.15. The van der Waals surface area contributed by atoms with E-state index in [1.54, 1.807) is 0 Å². The molecule has 1 aliphatic rings. The number of rotatable bonds is 7. The lowest BCUT2D eigenvalue weighted by molar-refractivity contribution is 0.0820. The van der Waals surface area contributed by atoms with E-state index in [-0.39, 0.29) is 0 Å². The molecule has 0 heterocycles. The predicted octanol–water partition coefficient (Wildman–Crippen LogP) is 1.69. The summed E-state index contributed by atoms with van der Waals surface area (Å²) in [5.74, 6) is 0.504. The van der Waals surface area contributed by atoms with Gasteiger partial charge in [0.15, 0.2) is 0 Å². The van der Waals surface area contributed by atoms with Gasteiger partial charge in [-0.3, -0.25) is 5.32 Å². The highest BCUT2D eigenvalue weighted by atomic mass is 16.5. The molecule has 0 amide bonds. The maximum absolute atomic E-state index is 9.22. The van der Waals surface area contributed by atoms with E-state index < -0.39 is 5.54 Å². The van der Waals surface area contributed by atoms with Gasteiger partial charge in [-0.2, -0.15) is 5.26 Å². The Kier molecular flexibility index (Phi) is 4.37. The van der Waals surface area contributed by atoms with Crippen LogP contribution in [0.5, 0.6) is 0 Å². The van der Waals surface area contributed by atoms with E-state index in [2.05, 4.69) is 18.3 Å². The molecule has 0 radical (unpaired) electrons. The zero-order valence-corrected chi connectivity index (χ0v) is 9.18. The van der Waals surface area contributed by atoms with Gasteiger partial charge >= 0.3 is 0 Å². The van der Waals surface area contributed by atoms with Crippen molar-refractivity contribution in [3.05, 3.63) is 0 Å². The van der Waals surface area contributed by atoms with Crippen molar-refractivity contribution in [2.24, 2.45) is 5.92 Å². The van der Waals surface area contributed by atoms with E-state index in [0.717, 1.165) is 32.4 Å². The average Bonchev–Trinajstić information content (AvgIpc) is 3.00. The third kappa shape index (κ3) is 2.70. The molecule has 0 aromatic heterocycles. The van der Waals surface area contributed by atoms with Crippen LogP contribution in [0.25, 0.3) is 0 Å². The third-order valence-electron chi connectivity index (χ3n) is 2.64. The van der Waals surface area contributed by atoms with Gasteiger partial charge in [-0.15, -0.1) is 0 Å². The number of hydrogen-bond acceptors (Lipinski definition) is 3. The average molecular weight is 196 g/mol. The maximum Gasteiger partial charge on any atom is 0.133 e. The van der Waals surface area contributed by atoms with Crippen LogP contribution >= 0.6 is 0 Å². The molecule has 0 saturated heterocycles. The van der Waals surface area contributed by atoms with Crippen LogP contribution in [0.1, 0.15) is 33.1 Å². The van der Waals surface area contributed by atoms with Crippen LogP contribution < -0.4 is 5.32 Å². The summed E-state index contributed by atoms with van der Waals surface area (Å²) in [4.78, 5) is 0. The molecule has 1 atom stereocenters. The summed E-state index contributed by atoms with van der Waals surface area (Å²) in [6.45, 7) is 6.24. The number of ether oxygens (including phenoxy) is 1. The molecule has 1 rings (SSSR count). The van der Waals surface area contributed by atoms with Crippen molar-refractivity contribution in [2.45, 2.75) is 38.6 Å². The van der Waals surface area contributed by atoms with Crippen molar-refractivity contribution >= 4 is 0 Å². The van der Waals surface area contributed by atoms with Crippen LogP contribution in [0.2, 0.25) is 0 Å². The Balaban J connectivity index is 2.46. The minimum atomic E-state index is -0.413. The monoisotopic (exact) mass is 196 g/mol. The fraction of sp³-hybridized carbons (Fsp3) is 0.909. The van der Waals surface area contributed by atoms with Crippen LogP contribution in [0, 0.1) is 17.2 Å². The van der Waals surface area contributed by atoms with Crippen LogP contribution in [0.3, 0.4) is 0 Å². The van der Waals surface area contributed by atoms with E-state index in [1.807, 2.05) is 6.92 Å². The van der Waals surface area contributed by atoms with Gasteiger partial charge in [0.1, 0.15) is 5.54 Å². The molecule has 0 aliphatic heterocycles. The van der Waals surface area contributed by atoms with Crippen molar-refractivity contribution < 1.29 is 4.74 Å². The minimum Gasteiger partial charge on any atom is -0.378 e. The van der Waals surface area contributed by atoms with Gasteiger partial charge in [0.05, 0.1) is 12.7 Å². The Labute approximate surface area is 86.4 Å². The van der Waals surface area contributed by atoms with Gasteiger partial charge in [-0.05, 0) is 31.7 Å². The van der Waals surface area contributed by atoms with Crippen molar-refractivity contribution in [2.75, 3.05) is 19.8 Å². The second-order valence-electron chi connectivity index (χ2n) is 3.94. The summed E-state index contributed by atoms with van der Waals surface area (Å²) in [7, 11) is 0. The van der Waals surface area contributed by atoms with Crippen molar-refractivity contribution in [3.8, 4) is 6.07 Å². The largest absolute Gasteiger partial charge is 0.378 e. The van der Waals surface area contributed by atoms with Crippen molar-refractivity contribution in [1.29, 1.82) is 5.26 Å². The zero-order valence-electron chi connectivity index (χ0n) is 9.18. The lowest BCUT2D eigenvalue weighted by Gasteiger charge is -2.27. The standard InChI is InChI=1S/C11H20N2O/c1-3-7-14-9-11(8-12,13-4-2)10-5-6-10/h10,13H,3-7,9H2,1-2H3. The van der Waals surface area contributed by atoms with Gasteiger partial charge < -0.3 is 4.74 Å². The first-order chi connectivity index (χ1) is 6.79. The Morgan fingerprint density at radius 2 is 2.21 bits per heavy atom. The SMILES string of the molecule is CCCOCC(C#N)(NCC)C1CC1. The third-order valence-corrected chi connectivity index (χ3v) is 2.64. The van der Waals surface area contributed by atoms with Crippen LogP contribution in [-0.4, -0.2) is 25.3 Å². The van der Waals surface area contributed by atoms with E-state index in [9.17, 15) is 5.26 Å². The lowest BCUT2D eigenvalue weighted by atomic mass is 9.96. The summed E-state index contributed by atoms with van der Waals surface area (Å²) in [5, 5.41) is 12.5. The normalized spacial score (nSPS) is 20.1. The molecule has 3 heteroatoms. The molecule has 3 nitrogen and oxygen atoms in total. The minimum absolute atomic E-state index is 0.413. The fourth-order valence-electron chi connectivity index (χ4n) is 1.75. The molecule has 1 aliphatic carbocycles. The molecule has 0 aromatic rings. The van der Waals surface area contributed by atoms with Crippen LogP contribution in [0.4, 0.5) is 0 Å². The molecule has 14 heavy (non-hydrogen) atoms. The molecule has 1 fully saturated rings. The molecule has 1 unspecified atom stereocenters. The summed E-state index contributed by atoms with van der Waals surface area (Å²) < 4.78 is 5.51. The number of nitrogens with zero attached hydrogens (tertiary/aromatic N) is 1. The van der Waals surface area contributed by atoms with E-state index in [4.69, 9.17) is 4.74 Å². The van der Waals surface area contributed by atoms with Gasteiger partial charge in [0, 0.05) is 6.61 Å². The Hall–Kier alpha value is -0.590. The molecule has 1 N–H and O–H groups in total. The second kappa shape index (κ2) is 5.33. The number of likely N-dealkylation sites (N-methyl/N-ethyl adjacent to an activating group) is 1. The smallest absolute Gasteiger partial charge is 0.133 e. The lowest BCUT2D eigenvalue weighted by Crippen LogP contribution is -2.50. The highest BCUT2D eigenvalue weighted by Crippen LogP contribution is 2.39. The molecule has 80 valence electrons. The number of nitriles is 1. The van der Waals surface area contributed by atoms with Gasteiger partial charge in [0.25, 0.3) is 0 Å². The zero-order chi connectivity index (χ0) is 10.4. The van der Waals surface area contributed by atoms with Gasteiger partial charge in [-0.1, -0.05) is 13.8 Å². The Morgan fingerprint density at radius 1 is 1.50 bits per heavy atom. The van der Waals surface area contributed by atoms with E-state index in [1.165, 1.54) is 0 Å². The second-order valence-corrected chi connectivity index (χ2v) is 3.94. The quantitative estimate of drug-likeness (QED) is 0.630. The van der Waals surface area contributed by atoms with E-state index in [0.29, 0.717) is 12.5 Å². The summed E-state index contributed by atoms with van der Waals surface area (Å²) in [6.07, 6.45) is 3.34. The number of hydrogen-bond donors (Lipinski definition) is 1. The topological polar surface area (TPSA) is 45.0 Å². The van der Waals surface area contributed by atoms with Crippen LogP contribution in [-0.2, 0) is 4.74 Å². The predicted molar refractivity (Wildman–Crippen MR) is 55.9 cm³/mol. The summed E-state index contributed by atoms with van der Waals surface area (Å²) >= 11 is 0. The fourth-order valence-corrected chi connectivity index (χ4v) is 1.75. The first kappa shape index (κ1) is 11.5. The van der Waals surface area contributed by atoms with Gasteiger partial charge in [0.2, 0.25) is 0 Å². The Morgan fingerprint density at radius 3 is 2.64 bits per heavy atom. The van der Waals surface area contributed by atoms with Crippen molar-refractivity contribution in [1.82, 2.24) is 5.32 Å². The molecule has 0 spiro atoms. The molecular weight excluding hydrogens is 176 g/mol. The number of nitrogens with one attached hydrogen (secondary N) is 1. The van der Waals surface area contributed by atoms with Gasteiger partial charge in [-0.25, -0.2) is 0 Å². The summed E-state index contributed by atoms with van der Waals surface area (Å²) in [6, 6.07) is 2.40. The first-order valence-corrected chi connectivity index (χ1v) is 5.53. The highest BCUT2D eigenvalue weighted by Gasteiger charge is 2.45. The van der Waals surface area contributed by atoms with Crippen LogP contribution in [0.15, 0.2) is 0 Å². The molecule has 0 aromatic carbocycles. The molecular formula is C11H20N2O. The first-order valence-electron chi connectivity index (χ1n) is 5.53. The van der Waals surface area contributed by atoms with E-state index >= 15 is 0 Å². The molecule has 1 saturated carbocycles. The Bertz CT molecular complexity index is 208. The van der Waals surface area contributed by atoms with Crippen molar-refractivity contribution in [3.63, 3.8) is 0 Å². The maximum atomic E-state index is 9.22.